The molecular weight excluding hydrogens is 268 g/mol. The fraction of sp³-hybridized carbons (Fsp3) is 0.385. The number of carbonyl (C=O) groups excluding carboxylic acids is 1. The quantitative estimate of drug-likeness (QED) is 0.867. The molecule has 0 bridgehead atoms. The van der Waals surface area contributed by atoms with E-state index in [4.69, 9.17) is 17.3 Å². The predicted octanol–water partition coefficient (Wildman–Crippen LogP) is 2.13. The standard InChI is InChI=1S/C13H17ClN2O3/c1-4-16(13(2,3)12(18)19)9-7-5-6-8(14)10(9)11(15)17/h5-7H,4H2,1-3H3,(H2,15,17)(H,18,19). The van der Waals surface area contributed by atoms with Gasteiger partial charge in [-0.25, -0.2) is 4.79 Å². The Balaban J connectivity index is 3.47. The topological polar surface area (TPSA) is 83.6 Å². The van der Waals surface area contributed by atoms with Crippen molar-refractivity contribution in [1.82, 2.24) is 0 Å². The van der Waals surface area contributed by atoms with Crippen LogP contribution in [-0.4, -0.2) is 29.1 Å². The number of rotatable bonds is 5. The van der Waals surface area contributed by atoms with Crippen LogP contribution in [0.25, 0.3) is 0 Å². The van der Waals surface area contributed by atoms with Gasteiger partial charge in [0.15, 0.2) is 0 Å². The molecule has 1 aromatic rings. The Kier molecular flexibility index (Phi) is 4.42. The van der Waals surface area contributed by atoms with Gasteiger partial charge < -0.3 is 15.7 Å². The summed E-state index contributed by atoms with van der Waals surface area (Å²) < 4.78 is 0. The molecule has 3 N–H and O–H groups in total. The molecule has 104 valence electrons. The number of halogens is 1. The molecule has 0 aromatic heterocycles. The number of primary amides is 1. The van der Waals surface area contributed by atoms with Gasteiger partial charge in [0, 0.05) is 6.54 Å². The summed E-state index contributed by atoms with van der Waals surface area (Å²) in [4.78, 5) is 24.5. The SMILES string of the molecule is CCN(c1cccc(Cl)c1C(N)=O)C(C)(C)C(=O)O. The van der Waals surface area contributed by atoms with Gasteiger partial charge in [0.1, 0.15) is 5.54 Å². The van der Waals surface area contributed by atoms with Crippen LogP contribution < -0.4 is 10.6 Å². The first-order valence-electron chi connectivity index (χ1n) is 5.82. The Hall–Kier alpha value is -1.75. The third kappa shape index (κ3) is 2.81. The lowest BCUT2D eigenvalue weighted by atomic mass is 10.00. The van der Waals surface area contributed by atoms with Crippen molar-refractivity contribution in [3.05, 3.63) is 28.8 Å². The van der Waals surface area contributed by atoms with Crippen molar-refractivity contribution in [3.8, 4) is 0 Å². The van der Waals surface area contributed by atoms with Gasteiger partial charge in [-0.05, 0) is 32.9 Å². The summed E-state index contributed by atoms with van der Waals surface area (Å²) in [5, 5.41) is 9.52. The molecule has 19 heavy (non-hydrogen) atoms. The van der Waals surface area contributed by atoms with Crippen LogP contribution in [-0.2, 0) is 4.79 Å². The summed E-state index contributed by atoms with van der Waals surface area (Å²) >= 11 is 5.98. The van der Waals surface area contributed by atoms with Crippen LogP contribution in [0.15, 0.2) is 18.2 Å². The van der Waals surface area contributed by atoms with Crippen LogP contribution >= 0.6 is 11.6 Å². The largest absolute Gasteiger partial charge is 0.480 e. The molecule has 0 saturated heterocycles. The van der Waals surface area contributed by atoms with Gasteiger partial charge in [-0.3, -0.25) is 4.79 Å². The molecule has 0 heterocycles. The number of benzene rings is 1. The summed E-state index contributed by atoms with van der Waals surface area (Å²) in [6.07, 6.45) is 0. The summed E-state index contributed by atoms with van der Waals surface area (Å²) in [5.41, 5.74) is 4.72. The maximum absolute atomic E-state index is 11.5. The highest BCUT2D eigenvalue weighted by Crippen LogP contribution is 2.31. The maximum Gasteiger partial charge on any atom is 0.328 e. The predicted molar refractivity (Wildman–Crippen MR) is 74.7 cm³/mol. The zero-order valence-corrected chi connectivity index (χ0v) is 11.9. The van der Waals surface area contributed by atoms with E-state index in [1.807, 2.05) is 0 Å². The van der Waals surface area contributed by atoms with Gasteiger partial charge in [0.05, 0.1) is 16.3 Å². The lowest BCUT2D eigenvalue weighted by Crippen LogP contribution is -2.51. The molecule has 0 saturated carbocycles. The average Bonchev–Trinajstić information content (AvgIpc) is 2.28. The lowest BCUT2D eigenvalue weighted by molar-refractivity contribution is -0.142. The highest BCUT2D eigenvalue weighted by molar-refractivity contribution is 6.34. The molecule has 0 spiro atoms. The third-order valence-corrected chi connectivity index (χ3v) is 3.36. The molecule has 1 aromatic carbocycles. The zero-order valence-electron chi connectivity index (χ0n) is 11.1. The summed E-state index contributed by atoms with van der Waals surface area (Å²) in [6.45, 7) is 5.32. The number of aliphatic carboxylic acids is 1. The Morgan fingerprint density at radius 3 is 2.42 bits per heavy atom. The molecule has 0 aliphatic rings. The molecule has 6 heteroatoms. The van der Waals surface area contributed by atoms with Crippen LogP contribution in [0.2, 0.25) is 5.02 Å². The van der Waals surface area contributed by atoms with E-state index in [0.29, 0.717) is 12.2 Å². The molecule has 0 radical (unpaired) electrons. The number of nitrogens with two attached hydrogens (primary N) is 1. The number of hydrogen-bond acceptors (Lipinski definition) is 3. The molecule has 0 atom stereocenters. The second-order valence-corrected chi connectivity index (χ2v) is 5.01. The number of carboxylic acid groups (broad SMARTS) is 1. The van der Waals surface area contributed by atoms with Crippen molar-refractivity contribution in [3.63, 3.8) is 0 Å². The van der Waals surface area contributed by atoms with Gasteiger partial charge in [0.25, 0.3) is 5.91 Å². The molecule has 5 nitrogen and oxygen atoms in total. The first kappa shape index (κ1) is 15.3. The number of nitrogens with zero attached hydrogens (tertiary/aromatic N) is 1. The van der Waals surface area contributed by atoms with E-state index >= 15 is 0 Å². The first-order valence-corrected chi connectivity index (χ1v) is 6.20. The number of carboxylic acids is 1. The van der Waals surface area contributed by atoms with Crippen molar-refractivity contribution in [2.45, 2.75) is 26.3 Å². The summed E-state index contributed by atoms with van der Waals surface area (Å²) in [7, 11) is 0. The van der Waals surface area contributed by atoms with Crippen molar-refractivity contribution in [1.29, 1.82) is 0 Å². The lowest BCUT2D eigenvalue weighted by Gasteiger charge is -2.37. The zero-order chi connectivity index (χ0) is 14.8. The number of carbonyl (C=O) groups is 2. The van der Waals surface area contributed by atoms with Crippen molar-refractivity contribution in [2.24, 2.45) is 5.73 Å². The monoisotopic (exact) mass is 284 g/mol. The Bertz CT molecular complexity index is 515. The molecule has 1 amide bonds. The van der Waals surface area contributed by atoms with Crippen LogP contribution in [0.3, 0.4) is 0 Å². The van der Waals surface area contributed by atoms with E-state index < -0.39 is 17.4 Å². The second kappa shape index (κ2) is 5.48. The van der Waals surface area contributed by atoms with Gasteiger partial charge >= 0.3 is 5.97 Å². The van der Waals surface area contributed by atoms with E-state index in [2.05, 4.69) is 0 Å². The minimum absolute atomic E-state index is 0.139. The minimum atomic E-state index is -1.18. The van der Waals surface area contributed by atoms with Crippen LogP contribution in [0.5, 0.6) is 0 Å². The molecule has 1 rings (SSSR count). The maximum atomic E-state index is 11.5. The van der Waals surface area contributed by atoms with Gasteiger partial charge in [-0.2, -0.15) is 0 Å². The number of amides is 1. The van der Waals surface area contributed by atoms with Gasteiger partial charge in [-0.15, -0.1) is 0 Å². The molecule has 0 aliphatic carbocycles. The third-order valence-electron chi connectivity index (χ3n) is 3.04. The van der Waals surface area contributed by atoms with Crippen LogP contribution in [0, 0.1) is 0 Å². The van der Waals surface area contributed by atoms with Gasteiger partial charge in [0.2, 0.25) is 0 Å². The molecule has 0 aliphatic heterocycles. The summed E-state index contributed by atoms with van der Waals surface area (Å²) in [5.74, 6) is -1.68. The van der Waals surface area contributed by atoms with Crippen molar-refractivity contribution >= 4 is 29.2 Å². The number of hydrogen-bond donors (Lipinski definition) is 2. The van der Waals surface area contributed by atoms with E-state index in [0.717, 1.165) is 0 Å². The van der Waals surface area contributed by atoms with E-state index in [9.17, 15) is 14.7 Å². The molecule has 0 fully saturated rings. The average molecular weight is 285 g/mol. The van der Waals surface area contributed by atoms with E-state index in [1.54, 1.807) is 43.9 Å². The van der Waals surface area contributed by atoms with E-state index in [-0.39, 0.29) is 10.6 Å². The fourth-order valence-corrected chi connectivity index (χ4v) is 2.23. The molecule has 0 unspecified atom stereocenters. The Morgan fingerprint density at radius 2 is 2.00 bits per heavy atom. The normalized spacial score (nSPS) is 11.2. The Labute approximate surface area is 117 Å². The van der Waals surface area contributed by atoms with Crippen LogP contribution in [0.4, 0.5) is 5.69 Å². The second-order valence-electron chi connectivity index (χ2n) is 4.61. The highest BCUT2D eigenvalue weighted by Gasteiger charge is 2.35. The van der Waals surface area contributed by atoms with Crippen molar-refractivity contribution in [2.75, 3.05) is 11.4 Å². The molecular formula is C13H17ClN2O3. The number of anilines is 1. The van der Waals surface area contributed by atoms with Crippen LogP contribution in [0.1, 0.15) is 31.1 Å². The van der Waals surface area contributed by atoms with E-state index in [1.165, 1.54) is 0 Å². The number of likely N-dealkylation sites (N-methyl/N-ethyl adjacent to an activating group) is 1. The summed E-state index contributed by atoms with van der Waals surface area (Å²) in [6, 6.07) is 4.84. The highest BCUT2D eigenvalue weighted by atomic mass is 35.5. The van der Waals surface area contributed by atoms with Crippen molar-refractivity contribution < 1.29 is 14.7 Å². The Morgan fingerprint density at radius 1 is 1.42 bits per heavy atom. The smallest absolute Gasteiger partial charge is 0.328 e. The minimum Gasteiger partial charge on any atom is -0.480 e. The fourth-order valence-electron chi connectivity index (χ4n) is 1.96. The van der Waals surface area contributed by atoms with Gasteiger partial charge in [-0.1, -0.05) is 17.7 Å². The first-order chi connectivity index (χ1) is 8.73.